The zero-order valence-electron chi connectivity index (χ0n) is 11.8. The fourth-order valence-electron chi connectivity index (χ4n) is 2.82. The van der Waals surface area contributed by atoms with Gasteiger partial charge < -0.3 is 9.64 Å². The van der Waals surface area contributed by atoms with Crippen molar-refractivity contribution in [1.29, 1.82) is 0 Å². The fraction of sp³-hybridized carbons (Fsp3) is 0.733. The van der Waals surface area contributed by atoms with Crippen molar-refractivity contribution in [2.24, 2.45) is 5.92 Å². The molecule has 4 heteroatoms. The van der Waals surface area contributed by atoms with E-state index in [4.69, 9.17) is 4.74 Å². The summed E-state index contributed by atoms with van der Waals surface area (Å²) in [7, 11) is 2.24. The average molecular weight is 280 g/mol. The van der Waals surface area contributed by atoms with Crippen LogP contribution in [0.25, 0.3) is 0 Å². The predicted octanol–water partition coefficient (Wildman–Crippen LogP) is 2.29. The SMILES string of the molecule is CN(CC1CC1)C[C@H]1CN(Cc2cccs2)CCO1. The molecule has 3 nitrogen and oxygen atoms in total. The molecule has 1 aromatic heterocycles. The molecule has 0 spiro atoms. The van der Waals surface area contributed by atoms with Crippen molar-refractivity contribution >= 4 is 11.3 Å². The Kier molecular flexibility index (Phi) is 4.53. The number of likely N-dealkylation sites (N-methyl/N-ethyl adjacent to an activating group) is 1. The van der Waals surface area contributed by atoms with Crippen LogP contribution in [0.5, 0.6) is 0 Å². The first kappa shape index (κ1) is 13.6. The Morgan fingerprint density at radius 3 is 3.05 bits per heavy atom. The van der Waals surface area contributed by atoms with Gasteiger partial charge in [-0.15, -0.1) is 11.3 Å². The van der Waals surface area contributed by atoms with E-state index in [1.54, 1.807) is 0 Å². The van der Waals surface area contributed by atoms with Gasteiger partial charge in [-0.3, -0.25) is 4.90 Å². The fourth-order valence-corrected chi connectivity index (χ4v) is 3.57. The molecule has 2 fully saturated rings. The lowest BCUT2D eigenvalue weighted by molar-refractivity contribution is -0.0431. The van der Waals surface area contributed by atoms with E-state index in [9.17, 15) is 0 Å². The Morgan fingerprint density at radius 1 is 1.42 bits per heavy atom. The van der Waals surface area contributed by atoms with Gasteiger partial charge in [0.2, 0.25) is 0 Å². The molecule has 1 aromatic rings. The Labute approximate surface area is 120 Å². The molecule has 1 aliphatic heterocycles. The molecular formula is C15H24N2OS. The van der Waals surface area contributed by atoms with E-state index in [2.05, 4.69) is 34.4 Å². The third-order valence-corrected chi connectivity index (χ3v) is 4.83. The van der Waals surface area contributed by atoms with E-state index in [0.717, 1.165) is 38.7 Å². The highest BCUT2D eigenvalue weighted by atomic mass is 32.1. The molecule has 3 rings (SSSR count). The molecule has 1 saturated heterocycles. The molecule has 1 aliphatic carbocycles. The first-order valence-electron chi connectivity index (χ1n) is 7.34. The quantitative estimate of drug-likeness (QED) is 0.795. The summed E-state index contributed by atoms with van der Waals surface area (Å²) in [6.07, 6.45) is 3.25. The van der Waals surface area contributed by atoms with Gasteiger partial charge in [0.05, 0.1) is 12.7 Å². The summed E-state index contributed by atoms with van der Waals surface area (Å²) in [5.74, 6) is 0.968. The van der Waals surface area contributed by atoms with E-state index in [1.165, 1.54) is 24.3 Å². The molecule has 2 aliphatic rings. The first-order chi connectivity index (χ1) is 9.29. The van der Waals surface area contributed by atoms with Crippen molar-refractivity contribution in [3.05, 3.63) is 22.4 Å². The molecule has 0 bridgehead atoms. The lowest BCUT2D eigenvalue weighted by atomic mass is 10.2. The van der Waals surface area contributed by atoms with Gasteiger partial charge in [-0.2, -0.15) is 0 Å². The molecule has 2 heterocycles. The summed E-state index contributed by atoms with van der Waals surface area (Å²) in [6.45, 7) is 6.45. The van der Waals surface area contributed by atoms with Crippen LogP contribution in [0.2, 0.25) is 0 Å². The highest BCUT2D eigenvalue weighted by Gasteiger charge is 2.26. The normalized spacial score (nSPS) is 25.1. The van der Waals surface area contributed by atoms with E-state index in [0.29, 0.717) is 6.10 Å². The minimum atomic E-state index is 0.387. The van der Waals surface area contributed by atoms with Gasteiger partial charge in [0, 0.05) is 37.6 Å². The van der Waals surface area contributed by atoms with Crippen molar-refractivity contribution in [3.8, 4) is 0 Å². The Bertz CT molecular complexity index is 378. The lowest BCUT2D eigenvalue weighted by Crippen LogP contribution is -2.46. The second-order valence-corrected chi connectivity index (χ2v) is 7.00. The smallest absolute Gasteiger partial charge is 0.0829 e. The van der Waals surface area contributed by atoms with Crippen LogP contribution in [0.3, 0.4) is 0 Å². The molecule has 0 amide bonds. The Morgan fingerprint density at radius 2 is 2.32 bits per heavy atom. The zero-order valence-corrected chi connectivity index (χ0v) is 12.6. The van der Waals surface area contributed by atoms with E-state index < -0.39 is 0 Å². The number of ether oxygens (including phenoxy) is 1. The Balaban J connectivity index is 1.44. The molecular weight excluding hydrogens is 256 g/mol. The van der Waals surface area contributed by atoms with Gasteiger partial charge >= 0.3 is 0 Å². The zero-order chi connectivity index (χ0) is 13.1. The largest absolute Gasteiger partial charge is 0.374 e. The second-order valence-electron chi connectivity index (χ2n) is 5.97. The van der Waals surface area contributed by atoms with Crippen molar-refractivity contribution < 1.29 is 4.74 Å². The van der Waals surface area contributed by atoms with Crippen LogP contribution in [0.15, 0.2) is 17.5 Å². The van der Waals surface area contributed by atoms with Gasteiger partial charge in [-0.1, -0.05) is 6.07 Å². The second kappa shape index (κ2) is 6.35. The standard InChI is InChI=1S/C15H24N2OS/c1-16(9-13-4-5-13)10-14-11-17(6-7-18-14)12-15-3-2-8-19-15/h2-3,8,13-14H,4-7,9-12H2,1H3/t14-/m0/s1. The number of rotatable bonds is 6. The summed E-state index contributed by atoms with van der Waals surface area (Å²) in [5.41, 5.74) is 0. The van der Waals surface area contributed by atoms with Crippen LogP contribution >= 0.6 is 11.3 Å². The third kappa shape index (κ3) is 4.28. The van der Waals surface area contributed by atoms with Crippen molar-refractivity contribution in [1.82, 2.24) is 9.80 Å². The number of thiophene rings is 1. The maximum atomic E-state index is 5.92. The summed E-state index contributed by atoms with van der Waals surface area (Å²) in [6, 6.07) is 4.37. The van der Waals surface area contributed by atoms with Crippen LogP contribution in [-0.2, 0) is 11.3 Å². The summed E-state index contributed by atoms with van der Waals surface area (Å²) in [5, 5.41) is 2.16. The molecule has 0 radical (unpaired) electrons. The van der Waals surface area contributed by atoms with Crippen molar-refractivity contribution in [3.63, 3.8) is 0 Å². The molecule has 1 atom stereocenters. The van der Waals surface area contributed by atoms with Crippen LogP contribution in [0.4, 0.5) is 0 Å². The number of nitrogens with zero attached hydrogens (tertiary/aromatic N) is 2. The molecule has 19 heavy (non-hydrogen) atoms. The van der Waals surface area contributed by atoms with E-state index in [1.807, 2.05) is 11.3 Å². The van der Waals surface area contributed by atoms with Gasteiger partial charge in [0.15, 0.2) is 0 Å². The average Bonchev–Trinajstić information content (AvgIpc) is 3.04. The maximum Gasteiger partial charge on any atom is 0.0829 e. The van der Waals surface area contributed by atoms with E-state index >= 15 is 0 Å². The van der Waals surface area contributed by atoms with Crippen LogP contribution in [-0.4, -0.2) is 55.7 Å². The minimum Gasteiger partial charge on any atom is -0.374 e. The molecule has 0 aromatic carbocycles. The monoisotopic (exact) mass is 280 g/mol. The number of morpholine rings is 1. The predicted molar refractivity (Wildman–Crippen MR) is 79.6 cm³/mol. The molecule has 0 unspecified atom stereocenters. The highest BCUT2D eigenvalue weighted by Crippen LogP contribution is 2.29. The van der Waals surface area contributed by atoms with E-state index in [-0.39, 0.29) is 0 Å². The van der Waals surface area contributed by atoms with Crippen molar-refractivity contribution in [2.75, 3.05) is 39.8 Å². The summed E-state index contributed by atoms with van der Waals surface area (Å²) < 4.78 is 5.92. The number of hydrogen-bond acceptors (Lipinski definition) is 4. The van der Waals surface area contributed by atoms with Gasteiger partial charge in [0.25, 0.3) is 0 Å². The van der Waals surface area contributed by atoms with Crippen LogP contribution in [0, 0.1) is 5.92 Å². The van der Waals surface area contributed by atoms with Crippen LogP contribution < -0.4 is 0 Å². The molecule has 0 N–H and O–H groups in total. The third-order valence-electron chi connectivity index (χ3n) is 3.96. The van der Waals surface area contributed by atoms with Gasteiger partial charge in [0.1, 0.15) is 0 Å². The lowest BCUT2D eigenvalue weighted by Gasteiger charge is -2.34. The number of hydrogen-bond donors (Lipinski definition) is 0. The van der Waals surface area contributed by atoms with Gasteiger partial charge in [-0.05, 0) is 37.3 Å². The first-order valence-corrected chi connectivity index (χ1v) is 8.22. The Hall–Kier alpha value is -0.420. The minimum absolute atomic E-state index is 0.387. The highest BCUT2D eigenvalue weighted by molar-refractivity contribution is 7.09. The maximum absolute atomic E-state index is 5.92. The summed E-state index contributed by atoms with van der Waals surface area (Å²) in [4.78, 5) is 6.45. The molecule has 106 valence electrons. The van der Waals surface area contributed by atoms with Crippen molar-refractivity contribution in [2.45, 2.75) is 25.5 Å². The topological polar surface area (TPSA) is 15.7 Å². The molecule has 1 saturated carbocycles. The summed E-state index contributed by atoms with van der Waals surface area (Å²) >= 11 is 1.86. The van der Waals surface area contributed by atoms with Crippen LogP contribution in [0.1, 0.15) is 17.7 Å². The van der Waals surface area contributed by atoms with Gasteiger partial charge in [-0.25, -0.2) is 0 Å².